The molecular formula is C21H22Hg2O6. The maximum atomic E-state index is 12.0. The first-order valence-corrected chi connectivity index (χ1v) is 22.2. The molecule has 0 amide bonds. The average Bonchev–Trinajstić information content (AvgIpc) is 2.74. The van der Waals surface area contributed by atoms with Crippen molar-refractivity contribution in [1.29, 1.82) is 0 Å². The number of rotatable bonds is 8. The summed E-state index contributed by atoms with van der Waals surface area (Å²) in [6.07, 6.45) is 0.634. The zero-order valence-corrected chi connectivity index (χ0v) is 27.2. The van der Waals surface area contributed by atoms with Crippen LogP contribution in [-0.2, 0) is 60.1 Å². The molecular weight excluding hydrogens is 749 g/mol. The molecule has 2 unspecified atom stereocenters. The molecule has 146 valence electrons. The van der Waals surface area contributed by atoms with Crippen molar-refractivity contribution >= 4 is 11.9 Å². The van der Waals surface area contributed by atoms with Crippen molar-refractivity contribution in [2.75, 3.05) is 0 Å². The van der Waals surface area contributed by atoms with Crippen LogP contribution in [0.15, 0.2) is 60.7 Å². The first kappa shape index (κ1) is 22.8. The minimum absolute atomic E-state index is 0.0628. The second kappa shape index (κ2) is 12.1. The van der Waals surface area contributed by atoms with Crippen molar-refractivity contribution in [2.24, 2.45) is 0 Å². The number of carbonyl (C=O) groups excluding carboxylic acids is 2. The van der Waals surface area contributed by atoms with Crippen LogP contribution < -0.4 is 0 Å². The summed E-state index contributed by atoms with van der Waals surface area (Å²) in [6.45, 7) is 0. The average molecular weight is 772 g/mol. The quantitative estimate of drug-likeness (QED) is 0.415. The van der Waals surface area contributed by atoms with Crippen LogP contribution in [0.3, 0.4) is 0 Å². The molecule has 2 aromatic rings. The molecule has 0 saturated carbocycles. The molecule has 1 heterocycles. The minimum atomic E-state index is -1.89. The Bertz CT molecular complexity index is 721. The molecule has 29 heavy (non-hydrogen) atoms. The van der Waals surface area contributed by atoms with Crippen molar-refractivity contribution in [3.8, 4) is 0 Å². The van der Waals surface area contributed by atoms with Crippen LogP contribution in [-0.4, -0.2) is 35.4 Å². The van der Waals surface area contributed by atoms with Crippen molar-refractivity contribution < 1.29 is 74.8 Å². The Morgan fingerprint density at radius 2 is 1.24 bits per heavy atom. The summed E-state index contributed by atoms with van der Waals surface area (Å²) in [6, 6.07) is 18.0. The molecule has 0 bridgehead atoms. The normalized spacial score (nSPS) is 20.8. The van der Waals surface area contributed by atoms with Gasteiger partial charge in [-0.25, -0.2) is 0 Å². The van der Waals surface area contributed by atoms with Gasteiger partial charge >= 0.3 is 198 Å². The number of aliphatic hydroxyl groups is 1. The zero-order chi connectivity index (χ0) is 20.5. The van der Waals surface area contributed by atoms with Crippen LogP contribution in [0.4, 0.5) is 0 Å². The van der Waals surface area contributed by atoms with Crippen LogP contribution in [0.5, 0.6) is 0 Å². The van der Waals surface area contributed by atoms with E-state index in [0.717, 1.165) is 7.86 Å². The zero-order valence-electron chi connectivity index (χ0n) is 16.2. The van der Waals surface area contributed by atoms with Gasteiger partial charge in [-0.2, -0.15) is 0 Å². The van der Waals surface area contributed by atoms with Gasteiger partial charge in [-0.15, -0.1) is 0 Å². The Morgan fingerprint density at radius 3 is 1.66 bits per heavy atom. The Morgan fingerprint density at radius 1 is 0.828 bits per heavy atom. The fourth-order valence-corrected chi connectivity index (χ4v) is 11.9. The van der Waals surface area contributed by atoms with E-state index in [4.69, 9.17) is 10.0 Å². The summed E-state index contributed by atoms with van der Waals surface area (Å²) in [4.78, 5) is 24.1. The second-order valence-corrected chi connectivity index (χ2v) is 17.0. The van der Waals surface area contributed by atoms with Gasteiger partial charge in [0.05, 0.1) is 0 Å². The maximum absolute atomic E-state index is 12.0. The summed E-state index contributed by atoms with van der Waals surface area (Å²) < 4.78 is 18.7. The van der Waals surface area contributed by atoms with E-state index in [-0.39, 0.29) is 24.1 Å². The van der Waals surface area contributed by atoms with Gasteiger partial charge in [-0.3, -0.25) is 0 Å². The number of aliphatic hydroxyl groups excluding tert-OH is 1. The van der Waals surface area contributed by atoms with Crippen LogP contribution in [0.1, 0.15) is 33.6 Å². The van der Waals surface area contributed by atoms with Crippen LogP contribution >= 0.6 is 0 Å². The summed E-state index contributed by atoms with van der Waals surface area (Å²) >= 11 is -3.78. The predicted molar refractivity (Wildman–Crippen MR) is 97.2 cm³/mol. The van der Waals surface area contributed by atoms with Gasteiger partial charge < -0.3 is 0 Å². The second-order valence-electron chi connectivity index (χ2n) is 7.09. The van der Waals surface area contributed by atoms with Crippen LogP contribution in [0.25, 0.3) is 0 Å². The number of benzene rings is 2. The van der Waals surface area contributed by atoms with Crippen molar-refractivity contribution in [2.45, 2.75) is 39.0 Å². The van der Waals surface area contributed by atoms with Gasteiger partial charge in [0.2, 0.25) is 0 Å². The van der Waals surface area contributed by atoms with Crippen molar-refractivity contribution in [1.82, 2.24) is 0 Å². The monoisotopic (exact) mass is 774 g/mol. The van der Waals surface area contributed by atoms with Gasteiger partial charge in [0.15, 0.2) is 0 Å². The number of carbonyl (C=O) groups is 2. The molecule has 1 aliphatic rings. The van der Waals surface area contributed by atoms with Crippen molar-refractivity contribution in [3.05, 3.63) is 71.8 Å². The summed E-state index contributed by atoms with van der Waals surface area (Å²) in [7, 11) is 0. The molecule has 1 N–H and O–H groups in total. The first-order chi connectivity index (χ1) is 14.1. The standard InChI is InChI=1S/C7H12O2.2C7H6O2.2Hg/c1-5-3-7(8)4-6(2)9-5;2*8-7(9)6-4-2-1-3-5-6;;/h5-8H,1-4H2;2*1-5H,(H,8,9);;/q;;;2*+1/p-2. The van der Waals surface area contributed by atoms with Gasteiger partial charge in [0.25, 0.3) is 0 Å². The Hall–Kier alpha value is -0.830. The third kappa shape index (κ3) is 7.74. The van der Waals surface area contributed by atoms with Crippen LogP contribution in [0.2, 0.25) is 7.86 Å². The molecule has 0 aromatic heterocycles. The molecule has 2 atom stereocenters. The predicted octanol–water partition coefficient (Wildman–Crippen LogP) is 3.44. The summed E-state index contributed by atoms with van der Waals surface area (Å²) in [5.41, 5.74) is 1.15. The first-order valence-electron chi connectivity index (χ1n) is 9.89. The topological polar surface area (TPSA) is 82.1 Å². The summed E-state index contributed by atoms with van der Waals surface area (Å²) in [5, 5.41) is 10.2. The van der Waals surface area contributed by atoms with E-state index in [9.17, 15) is 14.7 Å². The number of ether oxygens (including phenoxy) is 1. The van der Waals surface area contributed by atoms with Gasteiger partial charge in [-0.1, -0.05) is 0 Å². The molecule has 8 heteroatoms. The number of hydrogen-bond donors (Lipinski definition) is 1. The molecule has 0 radical (unpaired) electrons. The number of hydrogen-bond acceptors (Lipinski definition) is 6. The summed E-state index contributed by atoms with van der Waals surface area (Å²) in [5.74, 6) is -0.519. The Balaban J connectivity index is 1.38. The van der Waals surface area contributed by atoms with Gasteiger partial charge in [0.1, 0.15) is 0 Å². The molecule has 0 spiro atoms. The van der Waals surface area contributed by atoms with Gasteiger partial charge in [0, 0.05) is 0 Å². The Kier molecular flexibility index (Phi) is 9.55. The molecule has 1 saturated heterocycles. The molecule has 1 fully saturated rings. The Labute approximate surface area is 196 Å². The molecule has 1 aliphatic heterocycles. The molecule has 2 aromatic carbocycles. The molecule has 3 rings (SSSR count). The van der Waals surface area contributed by atoms with E-state index in [1.165, 1.54) is 0 Å². The third-order valence-corrected chi connectivity index (χ3v) is 15.3. The van der Waals surface area contributed by atoms with E-state index >= 15 is 0 Å². The van der Waals surface area contributed by atoms with E-state index < -0.39 is 56.2 Å². The van der Waals surface area contributed by atoms with E-state index in [1.807, 2.05) is 36.4 Å². The van der Waals surface area contributed by atoms with E-state index in [0.29, 0.717) is 24.0 Å². The fourth-order valence-electron chi connectivity index (χ4n) is 3.34. The fraction of sp³-hybridized carbons (Fsp3) is 0.333. The SMILES string of the molecule is O=C([O][Hg][CH2]C1CC(O)CC([CH2][Hg][O]C(=O)c2ccccc2)O1)c1ccccc1. The van der Waals surface area contributed by atoms with Crippen LogP contribution in [0, 0.1) is 0 Å². The van der Waals surface area contributed by atoms with Crippen molar-refractivity contribution in [3.63, 3.8) is 0 Å². The molecule has 0 aliphatic carbocycles. The van der Waals surface area contributed by atoms with E-state index in [1.54, 1.807) is 24.3 Å². The van der Waals surface area contributed by atoms with Gasteiger partial charge in [-0.05, 0) is 0 Å². The molecule has 6 nitrogen and oxygen atoms in total. The van der Waals surface area contributed by atoms with E-state index in [2.05, 4.69) is 0 Å². The third-order valence-electron chi connectivity index (χ3n) is 4.82.